The summed E-state index contributed by atoms with van der Waals surface area (Å²) in [5.41, 5.74) is -0.797. The first-order chi connectivity index (χ1) is 27.0. The third-order valence-electron chi connectivity index (χ3n) is 9.64. The highest BCUT2D eigenvalue weighted by atomic mass is 16.8. The first kappa shape index (κ1) is 42.4. The Morgan fingerprint density at radius 3 is 1.93 bits per heavy atom. The number of aromatic hydroxyl groups is 3. The molecule has 1 aromatic heterocycles. The normalized spacial score (nSPS) is 35.9. The van der Waals surface area contributed by atoms with E-state index in [4.69, 9.17) is 37.6 Å². The van der Waals surface area contributed by atoms with Crippen LogP contribution in [-0.2, 0) is 33.2 Å². The van der Waals surface area contributed by atoms with Crippen molar-refractivity contribution in [3.63, 3.8) is 0 Å². The molecule has 3 aromatic rings. The molecule has 4 heterocycles. The molecule has 0 aliphatic carbocycles. The Morgan fingerprint density at radius 1 is 0.649 bits per heavy atom. The smallest absolute Gasteiger partial charge is 0.302 e. The lowest BCUT2D eigenvalue weighted by atomic mass is 9.96. The standard InChI is InChI=1S/C35H42O22/c1-11(38)50-10-22-25(44)27(46)29(48)33(55-22)56-31-26(45)21(9-37)53-34(30(31)49)57-32-28(47)24(43)20(8-36)54-35(32)51-13-5-16(41)23-17(42)7-18(52-19(23)6-13)12-2-3-14(39)15(40)4-12/h2-7,20-22,24-37,39-41,43-49H,8-10H2,1H3/t20-,21-,22+,24+,25+,26+,27-,28-,29+,30-,31-,32-,33-,34-,35+/m0/s1. The Kier molecular flexibility index (Phi) is 12.9. The van der Waals surface area contributed by atoms with Crippen LogP contribution in [0.2, 0.25) is 0 Å². The lowest BCUT2D eigenvalue weighted by Gasteiger charge is -2.48. The number of benzene rings is 2. The van der Waals surface area contributed by atoms with Crippen LogP contribution in [0.4, 0.5) is 0 Å². The second-order valence-electron chi connectivity index (χ2n) is 13.5. The number of fused-ring (bicyclic) bond motifs is 1. The summed E-state index contributed by atoms with van der Waals surface area (Å²) >= 11 is 0. The highest BCUT2D eigenvalue weighted by Crippen LogP contribution is 2.37. The molecular formula is C35H42O22. The van der Waals surface area contributed by atoms with Crippen molar-refractivity contribution in [2.45, 2.75) is 99.0 Å². The fourth-order valence-corrected chi connectivity index (χ4v) is 6.56. The molecule has 0 unspecified atom stereocenters. The highest BCUT2D eigenvalue weighted by molar-refractivity contribution is 5.86. The van der Waals surface area contributed by atoms with Crippen molar-refractivity contribution in [1.82, 2.24) is 0 Å². The van der Waals surface area contributed by atoms with Gasteiger partial charge in [0, 0.05) is 30.7 Å². The number of phenols is 3. The van der Waals surface area contributed by atoms with Crippen molar-refractivity contribution in [2.75, 3.05) is 19.8 Å². The van der Waals surface area contributed by atoms with Gasteiger partial charge >= 0.3 is 5.97 Å². The first-order valence-corrected chi connectivity index (χ1v) is 17.4. The van der Waals surface area contributed by atoms with Crippen LogP contribution in [0, 0.1) is 0 Å². The summed E-state index contributed by atoms with van der Waals surface area (Å²) in [6.07, 6.45) is -27.5. The zero-order valence-corrected chi connectivity index (χ0v) is 29.7. The van der Waals surface area contributed by atoms with Gasteiger partial charge < -0.3 is 98.9 Å². The third-order valence-corrected chi connectivity index (χ3v) is 9.64. The van der Waals surface area contributed by atoms with Crippen molar-refractivity contribution in [1.29, 1.82) is 0 Å². The van der Waals surface area contributed by atoms with Crippen molar-refractivity contribution >= 4 is 16.9 Å². The second-order valence-corrected chi connectivity index (χ2v) is 13.5. The van der Waals surface area contributed by atoms with Crippen LogP contribution in [0.3, 0.4) is 0 Å². The molecule has 12 N–H and O–H groups in total. The van der Waals surface area contributed by atoms with E-state index in [0.717, 1.165) is 37.3 Å². The fraction of sp³-hybridized carbons (Fsp3) is 0.543. The molecule has 57 heavy (non-hydrogen) atoms. The minimum Gasteiger partial charge on any atom is -0.507 e. The van der Waals surface area contributed by atoms with Gasteiger partial charge in [-0.2, -0.15) is 0 Å². The average Bonchev–Trinajstić information content (AvgIpc) is 3.17. The van der Waals surface area contributed by atoms with Crippen LogP contribution < -0.4 is 10.2 Å². The SMILES string of the molecule is CC(=O)OC[C@H]1O[C@@H](O[C@@H]2[C@H](O)[C@H](O[C@@H]3[C@H](Oc4cc(O)c5c(=O)cc(-c6ccc(O)c(O)c6)oc5c4)O[C@@H](CO)[C@@H](O)[C@@H]3O)O[C@@H](CO)[C@H]2O)[C@H](O)[C@@H](O)[C@@H]1O. The quantitative estimate of drug-likeness (QED) is 0.0648. The van der Waals surface area contributed by atoms with E-state index in [9.17, 15) is 70.9 Å². The molecule has 2 aromatic carbocycles. The van der Waals surface area contributed by atoms with E-state index in [-0.39, 0.29) is 28.0 Å². The zero-order valence-electron chi connectivity index (χ0n) is 29.7. The molecule has 0 saturated carbocycles. The van der Waals surface area contributed by atoms with Crippen LogP contribution in [-0.4, -0.2) is 179 Å². The monoisotopic (exact) mass is 814 g/mol. The number of esters is 1. The number of aliphatic hydroxyl groups excluding tert-OH is 9. The van der Waals surface area contributed by atoms with Crippen molar-refractivity contribution in [2.24, 2.45) is 0 Å². The molecule has 0 bridgehead atoms. The van der Waals surface area contributed by atoms with Gasteiger partial charge in [0.25, 0.3) is 0 Å². The maximum absolute atomic E-state index is 13.0. The van der Waals surface area contributed by atoms with Gasteiger partial charge in [-0.1, -0.05) is 0 Å². The van der Waals surface area contributed by atoms with Crippen molar-refractivity contribution in [3.8, 4) is 34.3 Å². The van der Waals surface area contributed by atoms with Crippen molar-refractivity contribution < 1.29 is 104 Å². The molecule has 0 spiro atoms. The van der Waals surface area contributed by atoms with Gasteiger partial charge in [0.15, 0.2) is 35.6 Å². The van der Waals surface area contributed by atoms with Crippen LogP contribution in [0.15, 0.2) is 45.6 Å². The van der Waals surface area contributed by atoms with E-state index >= 15 is 0 Å². The minimum absolute atomic E-state index is 0.0917. The van der Waals surface area contributed by atoms with Gasteiger partial charge in [0.2, 0.25) is 6.29 Å². The summed E-state index contributed by atoms with van der Waals surface area (Å²) in [6, 6.07) is 6.76. The number of hydrogen-bond acceptors (Lipinski definition) is 22. The third kappa shape index (κ3) is 8.64. The predicted octanol–water partition coefficient (Wildman–Crippen LogP) is -4.03. The summed E-state index contributed by atoms with van der Waals surface area (Å²) in [4.78, 5) is 24.3. The number of ether oxygens (including phenoxy) is 7. The molecule has 3 fully saturated rings. The fourth-order valence-electron chi connectivity index (χ4n) is 6.56. The number of rotatable bonds is 11. The van der Waals surface area contributed by atoms with Gasteiger partial charge in [0.1, 0.15) is 102 Å². The molecule has 0 amide bonds. The van der Waals surface area contributed by atoms with Gasteiger partial charge in [0.05, 0.1) is 13.2 Å². The molecule has 15 atom stereocenters. The molecule has 22 heteroatoms. The number of carbonyl (C=O) groups is 1. The van der Waals surface area contributed by atoms with Crippen LogP contribution in [0.5, 0.6) is 23.0 Å². The van der Waals surface area contributed by atoms with E-state index in [1.165, 1.54) is 6.07 Å². The van der Waals surface area contributed by atoms with E-state index in [1.54, 1.807) is 0 Å². The first-order valence-electron chi connectivity index (χ1n) is 17.4. The zero-order chi connectivity index (χ0) is 41.5. The number of phenolic OH excluding ortho intramolecular Hbond substituents is 3. The highest BCUT2D eigenvalue weighted by Gasteiger charge is 2.54. The molecule has 22 nitrogen and oxygen atoms in total. The van der Waals surface area contributed by atoms with E-state index < -0.39 is 141 Å². The molecule has 6 rings (SSSR count). The largest absolute Gasteiger partial charge is 0.507 e. The summed E-state index contributed by atoms with van der Waals surface area (Å²) in [5, 5.41) is 126. The summed E-state index contributed by atoms with van der Waals surface area (Å²) in [7, 11) is 0. The maximum atomic E-state index is 13.0. The topological polar surface area (TPSA) is 355 Å². The van der Waals surface area contributed by atoms with Crippen molar-refractivity contribution in [3.05, 3.63) is 46.6 Å². The van der Waals surface area contributed by atoms with E-state index in [0.29, 0.717) is 0 Å². The number of aliphatic hydroxyl groups is 9. The van der Waals surface area contributed by atoms with Gasteiger partial charge in [-0.15, -0.1) is 0 Å². The molecule has 314 valence electrons. The molecule has 3 aliphatic rings. The van der Waals surface area contributed by atoms with Gasteiger partial charge in [-0.25, -0.2) is 0 Å². The summed E-state index contributed by atoms with van der Waals surface area (Å²) in [6.45, 7) is -1.30. The average molecular weight is 815 g/mol. The lowest BCUT2D eigenvalue weighted by molar-refractivity contribution is -0.380. The van der Waals surface area contributed by atoms with Gasteiger partial charge in [-0.05, 0) is 18.2 Å². The lowest BCUT2D eigenvalue weighted by Crippen LogP contribution is -2.67. The number of hydrogen-bond donors (Lipinski definition) is 12. The van der Waals surface area contributed by atoms with E-state index in [1.807, 2.05) is 0 Å². The van der Waals surface area contributed by atoms with E-state index in [2.05, 4.69) is 0 Å². The summed E-state index contributed by atoms with van der Waals surface area (Å²) in [5.74, 6) is -2.74. The Balaban J connectivity index is 1.27. The molecule has 0 radical (unpaired) electrons. The summed E-state index contributed by atoms with van der Waals surface area (Å²) < 4.78 is 44.7. The molecule has 3 saturated heterocycles. The Labute approximate surface area is 320 Å². The van der Waals surface area contributed by atoms with Crippen LogP contribution in [0.1, 0.15) is 6.92 Å². The van der Waals surface area contributed by atoms with Crippen LogP contribution >= 0.6 is 0 Å². The predicted molar refractivity (Wildman–Crippen MR) is 182 cm³/mol. The Morgan fingerprint density at radius 2 is 1.26 bits per heavy atom. The van der Waals surface area contributed by atoms with Gasteiger partial charge in [-0.3, -0.25) is 9.59 Å². The molecular weight excluding hydrogens is 772 g/mol. The number of carbonyl (C=O) groups excluding carboxylic acids is 1. The van der Waals surface area contributed by atoms with Crippen LogP contribution in [0.25, 0.3) is 22.3 Å². The Hall–Kier alpha value is -4.24. The maximum Gasteiger partial charge on any atom is 0.302 e. The Bertz CT molecular complexity index is 1940. The molecule has 3 aliphatic heterocycles. The minimum atomic E-state index is -2.09. The second kappa shape index (κ2) is 17.3.